The fourth-order valence-electron chi connectivity index (χ4n) is 3.37. The summed E-state index contributed by atoms with van der Waals surface area (Å²) in [5.41, 5.74) is 1.15. The van der Waals surface area contributed by atoms with Gasteiger partial charge in [-0.3, -0.25) is 14.4 Å². The Morgan fingerprint density at radius 1 is 1.07 bits per heavy atom. The number of aryl methyl sites for hydroxylation is 1. The van der Waals surface area contributed by atoms with Crippen molar-refractivity contribution in [1.82, 2.24) is 10.6 Å². The zero-order chi connectivity index (χ0) is 20.8. The van der Waals surface area contributed by atoms with E-state index in [0.717, 1.165) is 31.2 Å². The first-order valence-corrected chi connectivity index (χ1v) is 10.9. The Hall–Kier alpha value is -2.38. The van der Waals surface area contributed by atoms with Crippen molar-refractivity contribution in [2.45, 2.75) is 32.6 Å². The molecule has 2 aromatic rings. The Balaban J connectivity index is 1.50. The molecule has 1 aliphatic rings. The lowest BCUT2D eigenvalue weighted by atomic mass is 10.1. The largest absolute Gasteiger partial charge is 0.354 e. The van der Waals surface area contributed by atoms with Gasteiger partial charge in [0.05, 0.1) is 20.5 Å². The predicted molar refractivity (Wildman–Crippen MR) is 116 cm³/mol. The van der Waals surface area contributed by atoms with Gasteiger partial charge in [-0.05, 0) is 43.5 Å². The van der Waals surface area contributed by atoms with Crippen LogP contribution in [0.3, 0.4) is 0 Å². The van der Waals surface area contributed by atoms with Gasteiger partial charge in [0.2, 0.25) is 5.91 Å². The van der Waals surface area contributed by atoms with Crippen LogP contribution < -0.4 is 16.0 Å². The Bertz CT molecular complexity index is 906. The Labute approximate surface area is 179 Å². The molecule has 1 heterocycles. The van der Waals surface area contributed by atoms with E-state index in [1.807, 2.05) is 6.92 Å². The van der Waals surface area contributed by atoms with Crippen LogP contribution in [-0.4, -0.2) is 30.8 Å². The van der Waals surface area contributed by atoms with Crippen LogP contribution in [0.2, 0.25) is 5.02 Å². The lowest BCUT2D eigenvalue weighted by Crippen LogP contribution is -2.37. The minimum absolute atomic E-state index is 0.0774. The molecule has 0 saturated heterocycles. The normalized spacial score (nSPS) is 13.9. The van der Waals surface area contributed by atoms with Crippen molar-refractivity contribution in [3.63, 3.8) is 0 Å². The number of anilines is 1. The van der Waals surface area contributed by atoms with Crippen molar-refractivity contribution >= 4 is 45.7 Å². The highest BCUT2D eigenvalue weighted by Gasteiger charge is 2.22. The number of carbonyl (C=O) groups is 3. The second-order valence-electron chi connectivity index (χ2n) is 7.09. The maximum absolute atomic E-state index is 12.4. The molecule has 1 saturated carbocycles. The monoisotopic (exact) mass is 433 g/mol. The van der Waals surface area contributed by atoms with Crippen LogP contribution in [0.4, 0.5) is 5.00 Å². The Morgan fingerprint density at radius 2 is 1.76 bits per heavy atom. The van der Waals surface area contributed by atoms with Crippen LogP contribution in [0.25, 0.3) is 0 Å². The third-order valence-corrected chi connectivity index (χ3v) is 6.40. The highest BCUT2D eigenvalue weighted by molar-refractivity contribution is 7.18. The van der Waals surface area contributed by atoms with Gasteiger partial charge in [-0.1, -0.05) is 36.6 Å². The lowest BCUT2D eigenvalue weighted by Gasteiger charge is -2.10. The van der Waals surface area contributed by atoms with E-state index in [1.165, 1.54) is 11.3 Å². The highest BCUT2D eigenvalue weighted by Crippen LogP contribution is 2.28. The van der Waals surface area contributed by atoms with E-state index in [9.17, 15) is 14.4 Å². The fourth-order valence-corrected chi connectivity index (χ4v) is 4.57. The van der Waals surface area contributed by atoms with Crippen LogP contribution in [0, 0.1) is 12.8 Å². The molecule has 1 aromatic carbocycles. The topological polar surface area (TPSA) is 87.3 Å². The molecule has 3 rings (SSSR count). The molecule has 1 fully saturated rings. The summed E-state index contributed by atoms with van der Waals surface area (Å²) in [4.78, 5) is 37.3. The van der Waals surface area contributed by atoms with E-state index in [-0.39, 0.29) is 23.6 Å². The number of rotatable bonds is 7. The highest BCUT2D eigenvalue weighted by atomic mass is 35.5. The van der Waals surface area contributed by atoms with Gasteiger partial charge in [0.25, 0.3) is 11.8 Å². The first-order chi connectivity index (χ1) is 14.0. The molecule has 0 unspecified atom stereocenters. The quantitative estimate of drug-likeness (QED) is 0.577. The molecular weight excluding hydrogens is 410 g/mol. The van der Waals surface area contributed by atoms with E-state index in [1.54, 1.807) is 30.3 Å². The molecule has 3 amide bonds. The van der Waals surface area contributed by atoms with Crippen LogP contribution in [0.1, 0.15) is 51.3 Å². The van der Waals surface area contributed by atoms with E-state index in [0.29, 0.717) is 33.6 Å². The summed E-state index contributed by atoms with van der Waals surface area (Å²) in [5, 5.41) is 9.43. The summed E-state index contributed by atoms with van der Waals surface area (Å²) >= 11 is 7.26. The van der Waals surface area contributed by atoms with Gasteiger partial charge in [-0.2, -0.15) is 0 Å². The number of carbonyl (C=O) groups excluding carboxylic acids is 3. The number of thiophene rings is 1. The van der Waals surface area contributed by atoms with Crippen molar-refractivity contribution in [2.75, 3.05) is 18.4 Å². The fraction of sp³-hybridized carbons (Fsp3) is 0.381. The number of halogens is 1. The van der Waals surface area contributed by atoms with Crippen LogP contribution in [0.5, 0.6) is 0 Å². The van der Waals surface area contributed by atoms with Crippen LogP contribution in [0.15, 0.2) is 30.3 Å². The Kier molecular flexibility index (Phi) is 7.28. The number of nitrogens with one attached hydrogen (secondary N) is 3. The molecular formula is C21H24ClN3O3S. The summed E-state index contributed by atoms with van der Waals surface area (Å²) in [7, 11) is 0. The molecule has 6 nitrogen and oxygen atoms in total. The van der Waals surface area contributed by atoms with Gasteiger partial charge in [-0.15, -0.1) is 11.3 Å². The van der Waals surface area contributed by atoms with Gasteiger partial charge >= 0.3 is 0 Å². The summed E-state index contributed by atoms with van der Waals surface area (Å²) < 4.78 is 0. The first kappa shape index (κ1) is 21.3. The molecule has 1 aromatic heterocycles. The first-order valence-electron chi connectivity index (χ1n) is 9.68. The molecule has 8 heteroatoms. The van der Waals surface area contributed by atoms with Crippen molar-refractivity contribution < 1.29 is 14.4 Å². The Morgan fingerprint density at radius 3 is 2.48 bits per heavy atom. The van der Waals surface area contributed by atoms with Gasteiger partial charge in [-0.25, -0.2) is 0 Å². The third-order valence-electron chi connectivity index (χ3n) is 4.91. The maximum Gasteiger partial charge on any atom is 0.261 e. The summed E-state index contributed by atoms with van der Waals surface area (Å²) in [6, 6.07) is 8.56. The molecule has 0 spiro atoms. The maximum atomic E-state index is 12.4. The minimum atomic E-state index is -0.321. The second-order valence-corrected chi connectivity index (χ2v) is 8.54. The van der Waals surface area contributed by atoms with Crippen LogP contribution >= 0.6 is 22.9 Å². The average molecular weight is 434 g/mol. The van der Waals surface area contributed by atoms with Crippen molar-refractivity contribution in [1.29, 1.82) is 0 Å². The zero-order valence-electron chi connectivity index (χ0n) is 16.2. The van der Waals surface area contributed by atoms with E-state index >= 15 is 0 Å². The molecule has 0 bridgehead atoms. The van der Waals surface area contributed by atoms with Gasteiger partial charge in [0.15, 0.2) is 0 Å². The summed E-state index contributed by atoms with van der Waals surface area (Å²) in [6.07, 6.45) is 4.13. The summed E-state index contributed by atoms with van der Waals surface area (Å²) in [5.74, 6) is -0.345. The van der Waals surface area contributed by atoms with Crippen molar-refractivity contribution in [3.8, 4) is 0 Å². The predicted octanol–water partition coefficient (Wildman–Crippen LogP) is 4.00. The van der Waals surface area contributed by atoms with E-state index < -0.39 is 0 Å². The molecule has 0 atom stereocenters. The molecule has 3 N–H and O–H groups in total. The number of hydrogen-bond donors (Lipinski definition) is 3. The number of amides is 3. The molecule has 0 aliphatic heterocycles. The van der Waals surface area contributed by atoms with Gasteiger partial charge in [0, 0.05) is 19.0 Å². The molecule has 0 radical (unpaired) electrons. The van der Waals surface area contributed by atoms with E-state index in [4.69, 9.17) is 11.6 Å². The lowest BCUT2D eigenvalue weighted by molar-refractivity contribution is -0.124. The average Bonchev–Trinajstić information content (AvgIpc) is 3.35. The third kappa shape index (κ3) is 5.58. The number of benzene rings is 1. The van der Waals surface area contributed by atoms with Crippen molar-refractivity contribution in [2.24, 2.45) is 5.92 Å². The molecule has 154 valence electrons. The number of hydrogen-bond acceptors (Lipinski definition) is 4. The second kappa shape index (κ2) is 9.89. The SMILES string of the molecule is Cc1cc(NC(=O)c2ccccc2Cl)sc1C(=O)NCCNC(=O)C1CCCC1. The zero-order valence-corrected chi connectivity index (χ0v) is 17.8. The minimum Gasteiger partial charge on any atom is -0.354 e. The van der Waals surface area contributed by atoms with Crippen LogP contribution in [-0.2, 0) is 4.79 Å². The van der Waals surface area contributed by atoms with Crippen molar-refractivity contribution in [3.05, 3.63) is 51.4 Å². The molecule has 1 aliphatic carbocycles. The van der Waals surface area contributed by atoms with Gasteiger partial charge in [0.1, 0.15) is 0 Å². The van der Waals surface area contributed by atoms with Gasteiger partial charge < -0.3 is 16.0 Å². The smallest absolute Gasteiger partial charge is 0.261 e. The summed E-state index contributed by atoms with van der Waals surface area (Å²) in [6.45, 7) is 2.58. The van der Waals surface area contributed by atoms with E-state index in [2.05, 4.69) is 16.0 Å². The molecule has 29 heavy (non-hydrogen) atoms. The standard InChI is InChI=1S/C21H24ClN3O3S/c1-13-12-17(25-20(27)15-8-4-5-9-16(15)22)29-18(13)21(28)24-11-10-23-19(26)14-6-2-3-7-14/h4-5,8-9,12,14H,2-3,6-7,10-11H2,1H3,(H,23,26)(H,24,28)(H,25,27).